The molecule has 2 aromatic carbocycles. The first-order chi connectivity index (χ1) is 9.97. The van der Waals surface area contributed by atoms with Gasteiger partial charge in [-0.1, -0.05) is 12.1 Å². The number of carbonyl (C=O) groups is 2. The molecule has 0 radical (unpaired) electrons. The van der Waals surface area contributed by atoms with Crippen LogP contribution in [0.25, 0.3) is 0 Å². The predicted octanol–water partition coefficient (Wildman–Crippen LogP) is 2.83. The third kappa shape index (κ3) is 2.18. The molecular weight excluding hydrogens is 283 g/mol. The molecule has 0 saturated carbocycles. The number of hydrogen-bond donors (Lipinski definition) is 0. The summed E-state index contributed by atoms with van der Waals surface area (Å²) < 4.78 is 39.8. The summed E-state index contributed by atoms with van der Waals surface area (Å²) in [5.74, 6) is -4.33. The van der Waals surface area contributed by atoms with Crippen molar-refractivity contribution in [2.24, 2.45) is 0 Å². The predicted molar refractivity (Wildman–Crippen MR) is 68.3 cm³/mol. The number of rotatable bonds is 2. The van der Waals surface area contributed by atoms with E-state index in [0.29, 0.717) is 11.6 Å². The Kier molecular flexibility index (Phi) is 3.01. The van der Waals surface area contributed by atoms with Crippen LogP contribution in [0.2, 0.25) is 0 Å². The van der Waals surface area contributed by atoms with Gasteiger partial charge >= 0.3 is 0 Å². The normalized spacial score (nSPS) is 13.8. The Morgan fingerprint density at radius 2 is 1.57 bits per heavy atom. The molecule has 1 aliphatic heterocycles. The molecule has 6 heteroatoms. The summed E-state index contributed by atoms with van der Waals surface area (Å²) in [6, 6.07) is 6.76. The first-order valence-corrected chi connectivity index (χ1v) is 6.07. The van der Waals surface area contributed by atoms with E-state index in [1.165, 1.54) is 24.3 Å². The summed E-state index contributed by atoms with van der Waals surface area (Å²) in [4.78, 5) is 24.7. The van der Waals surface area contributed by atoms with E-state index in [0.717, 1.165) is 11.0 Å². The maximum atomic E-state index is 13.7. The van der Waals surface area contributed by atoms with Crippen molar-refractivity contribution < 1.29 is 22.8 Å². The van der Waals surface area contributed by atoms with Gasteiger partial charge in [0.15, 0.2) is 0 Å². The zero-order chi connectivity index (χ0) is 15.1. The molecule has 0 atom stereocenters. The van der Waals surface area contributed by atoms with Gasteiger partial charge in [0.1, 0.15) is 17.5 Å². The van der Waals surface area contributed by atoms with Crippen LogP contribution in [0.15, 0.2) is 36.4 Å². The Morgan fingerprint density at radius 1 is 0.905 bits per heavy atom. The minimum absolute atomic E-state index is 0.0687. The van der Waals surface area contributed by atoms with Gasteiger partial charge in [0.25, 0.3) is 11.7 Å². The van der Waals surface area contributed by atoms with Gasteiger partial charge in [0.05, 0.1) is 17.8 Å². The average molecular weight is 291 g/mol. The van der Waals surface area contributed by atoms with E-state index >= 15 is 0 Å². The summed E-state index contributed by atoms with van der Waals surface area (Å²) in [5, 5.41) is 0. The van der Waals surface area contributed by atoms with Crippen molar-refractivity contribution in [3.63, 3.8) is 0 Å². The van der Waals surface area contributed by atoms with Gasteiger partial charge in [-0.2, -0.15) is 0 Å². The lowest BCUT2D eigenvalue weighted by Crippen LogP contribution is -2.29. The van der Waals surface area contributed by atoms with Gasteiger partial charge in [0.2, 0.25) is 0 Å². The summed E-state index contributed by atoms with van der Waals surface area (Å²) in [7, 11) is 0. The standard InChI is InChI=1S/C15H8F3NO2/c16-9-3-1-8(2-4-9)7-19-12-6-10(17)5-11(18)13(12)14(20)15(19)21/h1-6H,7H2. The van der Waals surface area contributed by atoms with E-state index in [1.807, 2.05) is 0 Å². The molecule has 1 aliphatic rings. The van der Waals surface area contributed by atoms with Gasteiger partial charge in [-0.05, 0) is 23.8 Å². The van der Waals surface area contributed by atoms with Gasteiger partial charge in [0, 0.05) is 6.07 Å². The fraction of sp³-hybridized carbons (Fsp3) is 0.0667. The van der Waals surface area contributed by atoms with E-state index in [2.05, 4.69) is 0 Å². The third-order valence-corrected chi connectivity index (χ3v) is 3.25. The number of fused-ring (bicyclic) bond motifs is 1. The van der Waals surface area contributed by atoms with Crippen molar-refractivity contribution >= 4 is 17.4 Å². The van der Waals surface area contributed by atoms with Crippen molar-refractivity contribution in [3.8, 4) is 0 Å². The molecule has 106 valence electrons. The fourth-order valence-corrected chi connectivity index (χ4v) is 2.27. The lowest BCUT2D eigenvalue weighted by atomic mass is 10.1. The molecule has 0 N–H and O–H groups in total. The Hall–Kier alpha value is -2.63. The lowest BCUT2D eigenvalue weighted by Gasteiger charge is -2.16. The Balaban J connectivity index is 2.03. The highest BCUT2D eigenvalue weighted by Crippen LogP contribution is 2.33. The molecule has 2 aromatic rings. The molecule has 0 bridgehead atoms. The molecule has 3 nitrogen and oxygen atoms in total. The third-order valence-electron chi connectivity index (χ3n) is 3.25. The molecule has 0 spiro atoms. The van der Waals surface area contributed by atoms with E-state index in [4.69, 9.17) is 0 Å². The highest BCUT2D eigenvalue weighted by atomic mass is 19.1. The van der Waals surface area contributed by atoms with Gasteiger partial charge < -0.3 is 4.90 Å². The molecule has 0 aliphatic carbocycles. The van der Waals surface area contributed by atoms with E-state index < -0.39 is 34.7 Å². The van der Waals surface area contributed by atoms with Gasteiger partial charge in [-0.3, -0.25) is 9.59 Å². The lowest BCUT2D eigenvalue weighted by molar-refractivity contribution is -0.114. The Bertz CT molecular complexity index is 756. The van der Waals surface area contributed by atoms with E-state index in [1.54, 1.807) is 0 Å². The molecule has 0 fully saturated rings. The van der Waals surface area contributed by atoms with Crippen LogP contribution in [0.1, 0.15) is 15.9 Å². The highest BCUT2D eigenvalue weighted by Gasteiger charge is 2.38. The highest BCUT2D eigenvalue weighted by molar-refractivity contribution is 6.52. The van der Waals surface area contributed by atoms with Crippen molar-refractivity contribution in [3.05, 3.63) is 65.0 Å². The monoisotopic (exact) mass is 291 g/mol. The maximum absolute atomic E-state index is 13.7. The number of hydrogen-bond acceptors (Lipinski definition) is 2. The van der Waals surface area contributed by atoms with Crippen LogP contribution in [-0.4, -0.2) is 11.7 Å². The van der Waals surface area contributed by atoms with Crippen LogP contribution in [-0.2, 0) is 11.3 Å². The molecule has 0 saturated heterocycles. The number of Topliss-reactive ketones (excluding diaryl/α,β-unsaturated/α-hetero) is 1. The summed E-state index contributed by atoms with van der Waals surface area (Å²) in [5.41, 5.74) is 0.00501. The molecule has 3 rings (SSSR count). The van der Waals surface area contributed by atoms with Crippen molar-refractivity contribution in [2.45, 2.75) is 6.54 Å². The number of benzene rings is 2. The summed E-state index contributed by atoms with van der Waals surface area (Å²) in [6.07, 6.45) is 0. The molecule has 1 amide bonds. The van der Waals surface area contributed by atoms with Crippen molar-refractivity contribution in [1.82, 2.24) is 0 Å². The number of nitrogens with zero attached hydrogens (tertiary/aromatic N) is 1. The second-order valence-corrected chi connectivity index (χ2v) is 4.63. The van der Waals surface area contributed by atoms with Crippen LogP contribution in [0.5, 0.6) is 0 Å². The largest absolute Gasteiger partial charge is 0.300 e. The molecule has 0 aromatic heterocycles. The Labute approximate surface area is 117 Å². The molecular formula is C15H8F3NO2. The van der Waals surface area contributed by atoms with Crippen molar-refractivity contribution in [2.75, 3.05) is 4.90 Å². The molecule has 21 heavy (non-hydrogen) atoms. The first-order valence-electron chi connectivity index (χ1n) is 6.07. The number of carbonyl (C=O) groups excluding carboxylic acids is 2. The topological polar surface area (TPSA) is 37.4 Å². The van der Waals surface area contributed by atoms with Crippen LogP contribution in [0.4, 0.5) is 18.9 Å². The number of halogens is 3. The maximum Gasteiger partial charge on any atom is 0.299 e. The zero-order valence-corrected chi connectivity index (χ0v) is 10.6. The Morgan fingerprint density at radius 3 is 2.24 bits per heavy atom. The van der Waals surface area contributed by atoms with Crippen LogP contribution in [0, 0.1) is 17.5 Å². The minimum Gasteiger partial charge on any atom is -0.300 e. The van der Waals surface area contributed by atoms with Crippen LogP contribution >= 0.6 is 0 Å². The number of anilines is 1. The zero-order valence-electron chi connectivity index (χ0n) is 10.6. The molecule has 0 unspecified atom stereocenters. The summed E-state index contributed by atoms with van der Waals surface area (Å²) >= 11 is 0. The van der Waals surface area contributed by atoms with Crippen LogP contribution in [0.3, 0.4) is 0 Å². The average Bonchev–Trinajstić information content (AvgIpc) is 2.66. The second-order valence-electron chi connectivity index (χ2n) is 4.63. The van der Waals surface area contributed by atoms with Crippen LogP contribution < -0.4 is 4.90 Å². The van der Waals surface area contributed by atoms with E-state index in [-0.39, 0.29) is 12.2 Å². The SMILES string of the molecule is O=C1C(=O)N(Cc2ccc(F)cc2)c2cc(F)cc(F)c21. The quantitative estimate of drug-likeness (QED) is 0.798. The van der Waals surface area contributed by atoms with E-state index in [9.17, 15) is 22.8 Å². The number of amides is 1. The van der Waals surface area contributed by atoms with Crippen molar-refractivity contribution in [1.29, 1.82) is 0 Å². The summed E-state index contributed by atoms with van der Waals surface area (Å²) in [6.45, 7) is -0.0687. The van der Waals surface area contributed by atoms with Gasteiger partial charge in [-0.25, -0.2) is 13.2 Å². The first kappa shape index (κ1) is 13.4. The smallest absolute Gasteiger partial charge is 0.299 e. The number of ketones is 1. The second kappa shape index (κ2) is 4.73. The molecule has 1 heterocycles. The van der Waals surface area contributed by atoms with Gasteiger partial charge in [-0.15, -0.1) is 0 Å². The fourth-order valence-electron chi connectivity index (χ4n) is 2.27. The minimum atomic E-state index is -1.06.